The highest BCUT2D eigenvalue weighted by Crippen LogP contribution is 2.11. The van der Waals surface area contributed by atoms with Gasteiger partial charge in [-0.05, 0) is 24.1 Å². The van der Waals surface area contributed by atoms with E-state index in [2.05, 4.69) is 10.1 Å². The molecule has 92 valence electrons. The first-order valence-electron chi connectivity index (χ1n) is 5.31. The van der Waals surface area contributed by atoms with Gasteiger partial charge in [-0.2, -0.15) is 0 Å². The third-order valence-corrected chi connectivity index (χ3v) is 2.27. The van der Waals surface area contributed by atoms with Crippen LogP contribution in [0.5, 0.6) is 0 Å². The largest absolute Gasteiger partial charge is 0.469 e. The van der Waals surface area contributed by atoms with E-state index >= 15 is 0 Å². The van der Waals surface area contributed by atoms with Crippen molar-refractivity contribution in [2.45, 2.75) is 12.8 Å². The van der Waals surface area contributed by atoms with Crippen molar-refractivity contribution < 1.29 is 14.3 Å². The molecule has 0 spiro atoms. The highest BCUT2D eigenvalue weighted by Gasteiger charge is 2.02. The van der Waals surface area contributed by atoms with Crippen molar-refractivity contribution in [3.8, 4) is 0 Å². The number of nitrogens with two attached hydrogens (primary N) is 1. The smallest absolute Gasteiger partial charge is 0.305 e. The van der Waals surface area contributed by atoms with Gasteiger partial charge in [0.1, 0.15) is 0 Å². The first-order valence-corrected chi connectivity index (χ1v) is 5.31. The Bertz CT molecular complexity index is 387. The fourth-order valence-corrected chi connectivity index (χ4v) is 1.32. The van der Waals surface area contributed by atoms with E-state index < -0.39 is 0 Å². The van der Waals surface area contributed by atoms with Crippen LogP contribution in [0.2, 0.25) is 0 Å². The van der Waals surface area contributed by atoms with E-state index in [4.69, 9.17) is 5.73 Å². The minimum absolute atomic E-state index is 0.0376. The molecule has 17 heavy (non-hydrogen) atoms. The van der Waals surface area contributed by atoms with Crippen LogP contribution >= 0.6 is 0 Å². The summed E-state index contributed by atoms with van der Waals surface area (Å²) in [5.41, 5.74) is 6.89. The summed E-state index contributed by atoms with van der Waals surface area (Å²) >= 11 is 0. The lowest BCUT2D eigenvalue weighted by Crippen LogP contribution is -2.21. The maximum atomic E-state index is 11.0. The predicted molar refractivity (Wildman–Crippen MR) is 64.5 cm³/mol. The molecule has 1 aromatic carbocycles. The lowest BCUT2D eigenvalue weighted by molar-refractivity contribution is -0.140. The Morgan fingerprint density at radius 1 is 1.29 bits per heavy atom. The monoisotopic (exact) mass is 236 g/mol. The Kier molecular flexibility index (Phi) is 5.16. The molecule has 0 bridgehead atoms. The van der Waals surface area contributed by atoms with E-state index in [1.165, 1.54) is 7.11 Å². The number of methoxy groups -OCH3 is 1. The van der Waals surface area contributed by atoms with Gasteiger partial charge in [-0.3, -0.25) is 9.59 Å². The molecule has 0 atom stereocenters. The van der Waals surface area contributed by atoms with Crippen molar-refractivity contribution in [2.24, 2.45) is 5.73 Å². The fourth-order valence-electron chi connectivity index (χ4n) is 1.32. The molecule has 3 N–H and O–H groups in total. The number of carbonyl (C=O) groups excluding carboxylic acids is 2. The third kappa shape index (κ3) is 4.65. The van der Waals surface area contributed by atoms with Crippen LogP contribution in [-0.2, 0) is 20.7 Å². The van der Waals surface area contributed by atoms with Crippen LogP contribution in [0.25, 0.3) is 0 Å². The average Bonchev–Trinajstić information content (AvgIpc) is 2.37. The second-order valence-corrected chi connectivity index (χ2v) is 3.53. The summed E-state index contributed by atoms with van der Waals surface area (Å²) in [6, 6.07) is 7.27. The number of ether oxygens (including phenoxy) is 1. The normalized spacial score (nSPS) is 9.76. The Morgan fingerprint density at radius 3 is 2.47 bits per heavy atom. The minimum atomic E-state index is -0.231. The SMILES string of the molecule is COC(=O)CCc1ccc(NC(=O)CN)cc1. The lowest BCUT2D eigenvalue weighted by atomic mass is 10.1. The van der Waals surface area contributed by atoms with Crippen LogP contribution in [0.3, 0.4) is 0 Å². The number of hydrogen-bond donors (Lipinski definition) is 2. The summed E-state index contributed by atoms with van der Waals surface area (Å²) in [6.07, 6.45) is 0.975. The number of esters is 1. The maximum Gasteiger partial charge on any atom is 0.305 e. The molecular weight excluding hydrogens is 220 g/mol. The van der Waals surface area contributed by atoms with Crippen LogP contribution < -0.4 is 11.1 Å². The second kappa shape index (κ2) is 6.65. The minimum Gasteiger partial charge on any atom is -0.469 e. The number of aryl methyl sites for hydroxylation is 1. The predicted octanol–water partition coefficient (Wildman–Crippen LogP) is 0.689. The van der Waals surface area contributed by atoms with Gasteiger partial charge in [-0.1, -0.05) is 12.1 Å². The highest BCUT2D eigenvalue weighted by atomic mass is 16.5. The molecule has 5 nitrogen and oxygen atoms in total. The summed E-state index contributed by atoms with van der Waals surface area (Å²) in [4.78, 5) is 22.0. The topological polar surface area (TPSA) is 81.4 Å². The van der Waals surface area contributed by atoms with Gasteiger partial charge < -0.3 is 15.8 Å². The van der Waals surface area contributed by atoms with Gasteiger partial charge in [0, 0.05) is 12.1 Å². The zero-order valence-electron chi connectivity index (χ0n) is 9.73. The molecule has 0 heterocycles. The Morgan fingerprint density at radius 2 is 1.94 bits per heavy atom. The molecule has 0 unspecified atom stereocenters. The maximum absolute atomic E-state index is 11.0. The number of carbonyl (C=O) groups is 2. The molecule has 0 aliphatic carbocycles. The van der Waals surface area contributed by atoms with Crippen LogP contribution in [0.15, 0.2) is 24.3 Å². The number of anilines is 1. The molecule has 1 amide bonds. The molecule has 1 rings (SSSR count). The van der Waals surface area contributed by atoms with Crippen LogP contribution in [0, 0.1) is 0 Å². The van der Waals surface area contributed by atoms with E-state index in [1.807, 2.05) is 12.1 Å². The molecular formula is C12H16N2O3. The van der Waals surface area contributed by atoms with Gasteiger partial charge in [-0.25, -0.2) is 0 Å². The molecule has 5 heteroatoms. The van der Waals surface area contributed by atoms with Crippen molar-refractivity contribution in [2.75, 3.05) is 19.0 Å². The Balaban J connectivity index is 2.50. The van der Waals surface area contributed by atoms with Gasteiger partial charge >= 0.3 is 5.97 Å². The van der Waals surface area contributed by atoms with E-state index in [0.717, 1.165) is 5.56 Å². The second-order valence-electron chi connectivity index (χ2n) is 3.53. The fraction of sp³-hybridized carbons (Fsp3) is 0.333. The van der Waals surface area contributed by atoms with E-state index in [0.29, 0.717) is 18.5 Å². The average molecular weight is 236 g/mol. The first kappa shape index (κ1) is 13.2. The number of rotatable bonds is 5. The van der Waals surface area contributed by atoms with Crippen molar-refractivity contribution >= 4 is 17.6 Å². The van der Waals surface area contributed by atoms with E-state index in [9.17, 15) is 9.59 Å². The molecule has 0 saturated heterocycles. The van der Waals surface area contributed by atoms with E-state index in [1.54, 1.807) is 12.1 Å². The molecule has 0 aliphatic heterocycles. The zero-order valence-corrected chi connectivity index (χ0v) is 9.73. The van der Waals surface area contributed by atoms with Gasteiger partial charge in [0.05, 0.1) is 13.7 Å². The standard InChI is InChI=1S/C12H16N2O3/c1-17-12(16)7-4-9-2-5-10(6-3-9)14-11(15)8-13/h2-3,5-6H,4,7-8,13H2,1H3,(H,14,15). The van der Waals surface area contributed by atoms with Gasteiger partial charge in [0.15, 0.2) is 0 Å². The van der Waals surface area contributed by atoms with Crippen molar-refractivity contribution in [1.82, 2.24) is 0 Å². The Hall–Kier alpha value is -1.88. The zero-order chi connectivity index (χ0) is 12.7. The lowest BCUT2D eigenvalue weighted by Gasteiger charge is -2.05. The molecule has 0 fully saturated rings. The number of hydrogen-bond acceptors (Lipinski definition) is 4. The molecule has 0 aromatic heterocycles. The van der Waals surface area contributed by atoms with Crippen molar-refractivity contribution in [3.05, 3.63) is 29.8 Å². The van der Waals surface area contributed by atoms with Crippen LogP contribution in [0.1, 0.15) is 12.0 Å². The van der Waals surface area contributed by atoms with Gasteiger partial charge in [-0.15, -0.1) is 0 Å². The summed E-state index contributed by atoms with van der Waals surface area (Å²) in [5.74, 6) is -0.460. The van der Waals surface area contributed by atoms with Crippen LogP contribution in [0.4, 0.5) is 5.69 Å². The molecule has 0 saturated carbocycles. The number of amides is 1. The summed E-state index contributed by atoms with van der Waals surface area (Å²) in [6.45, 7) is -0.0376. The van der Waals surface area contributed by atoms with Crippen molar-refractivity contribution in [3.63, 3.8) is 0 Å². The van der Waals surface area contributed by atoms with E-state index in [-0.39, 0.29) is 18.4 Å². The van der Waals surface area contributed by atoms with Crippen molar-refractivity contribution in [1.29, 1.82) is 0 Å². The highest BCUT2D eigenvalue weighted by molar-refractivity contribution is 5.92. The first-order chi connectivity index (χ1) is 8.15. The molecule has 0 aliphatic rings. The number of nitrogens with one attached hydrogen (secondary N) is 1. The summed E-state index contributed by atoms with van der Waals surface area (Å²) in [7, 11) is 1.37. The quantitative estimate of drug-likeness (QED) is 0.737. The summed E-state index contributed by atoms with van der Waals surface area (Å²) < 4.78 is 4.55. The summed E-state index contributed by atoms with van der Waals surface area (Å²) in [5, 5.41) is 2.64. The molecule has 0 radical (unpaired) electrons. The third-order valence-electron chi connectivity index (χ3n) is 2.27. The number of benzene rings is 1. The molecule has 1 aromatic rings. The Labute approximate surface area is 99.9 Å². The van der Waals surface area contributed by atoms with Gasteiger partial charge in [0.2, 0.25) is 5.91 Å². The van der Waals surface area contributed by atoms with Crippen LogP contribution in [-0.4, -0.2) is 25.5 Å². The van der Waals surface area contributed by atoms with Gasteiger partial charge in [0.25, 0.3) is 0 Å².